The van der Waals surface area contributed by atoms with E-state index < -0.39 is 5.92 Å². The summed E-state index contributed by atoms with van der Waals surface area (Å²) < 4.78 is 11.6. The highest BCUT2D eigenvalue weighted by Gasteiger charge is 2.42. The number of para-hydroxylation sites is 1. The van der Waals surface area contributed by atoms with Crippen molar-refractivity contribution in [2.45, 2.75) is 29.5 Å². The van der Waals surface area contributed by atoms with Crippen molar-refractivity contribution in [2.75, 3.05) is 30.2 Å². The maximum Gasteiger partial charge on any atom is 0.234 e. The van der Waals surface area contributed by atoms with Crippen LogP contribution in [0.2, 0.25) is 0 Å². The van der Waals surface area contributed by atoms with E-state index in [9.17, 15) is 14.9 Å². The van der Waals surface area contributed by atoms with Gasteiger partial charge in [0.05, 0.1) is 37.5 Å². The largest absolute Gasteiger partial charge is 0.497 e. The first-order chi connectivity index (χ1) is 19.4. The summed E-state index contributed by atoms with van der Waals surface area (Å²) in [5.41, 5.74) is 9.40. The van der Waals surface area contributed by atoms with Crippen LogP contribution in [0.25, 0.3) is 0 Å². The van der Waals surface area contributed by atoms with Gasteiger partial charge in [0.25, 0.3) is 0 Å². The van der Waals surface area contributed by atoms with Crippen molar-refractivity contribution < 1.29 is 19.1 Å². The van der Waals surface area contributed by atoms with E-state index in [1.54, 1.807) is 30.2 Å². The van der Waals surface area contributed by atoms with Crippen molar-refractivity contribution in [3.05, 3.63) is 76.8 Å². The molecule has 0 bridgehead atoms. The molecule has 40 heavy (non-hydrogen) atoms. The number of benzene rings is 2. The van der Waals surface area contributed by atoms with Gasteiger partial charge in [-0.3, -0.25) is 14.5 Å². The molecular formula is C28H26N6O4S2. The van der Waals surface area contributed by atoms with E-state index in [-0.39, 0.29) is 28.8 Å². The molecule has 0 fully saturated rings. The van der Waals surface area contributed by atoms with Gasteiger partial charge in [-0.2, -0.15) is 5.26 Å². The standard InChI is InChI=1S/C28H26N6O4S2/c1-37-17-11-12-22(38-2)18(13-17)24-19(14-29)26(30)34(20-9-6-10-21(35)25(20)24)27-32-33-28(40-27)39-15-23(36)31-16-7-4-3-5-8-16/h3-5,7-8,11-13,24H,6,9-10,15,30H2,1-2H3,(H,31,36). The number of nitriles is 1. The number of Topliss-reactive ketones (excluding diaryl/α,β-unsaturated/α-hetero) is 1. The fraction of sp³-hybridized carbons (Fsp3) is 0.250. The van der Waals surface area contributed by atoms with Crippen LogP contribution in [0.3, 0.4) is 0 Å². The third kappa shape index (κ3) is 5.25. The zero-order chi connectivity index (χ0) is 28.2. The van der Waals surface area contributed by atoms with E-state index >= 15 is 0 Å². The number of anilines is 2. The minimum Gasteiger partial charge on any atom is -0.497 e. The lowest BCUT2D eigenvalue weighted by molar-refractivity contribution is -0.116. The lowest BCUT2D eigenvalue weighted by Gasteiger charge is -2.38. The van der Waals surface area contributed by atoms with E-state index in [4.69, 9.17) is 15.2 Å². The quantitative estimate of drug-likeness (QED) is 0.367. The molecule has 5 rings (SSSR count). The number of nitrogens with zero attached hydrogens (tertiary/aromatic N) is 4. The van der Waals surface area contributed by atoms with Crippen LogP contribution in [0.15, 0.2) is 75.5 Å². The first-order valence-corrected chi connectivity index (χ1v) is 14.2. The lowest BCUT2D eigenvalue weighted by Crippen LogP contribution is -2.38. The van der Waals surface area contributed by atoms with Crippen LogP contribution in [0, 0.1) is 11.3 Å². The van der Waals surface area contributed by atoms with Gasteiger partial charge in [-0.1, -0.05) is 41.3 Å². The van der Waals surface area contributed by atoms with Crippen LogP contribution in [-0.2, 0) is 9.59 Å². The molecule has 0 saturated carbocycles. The Bertz CT molecular complexity index is 1560. The Kier molecular flexibility index (Phi) is 8.04. The molecule has 2 heterocycles. The Morgan fingerprint density at radius 1 is 1.20 bits per heavy atom. The second-order valence-electron chi connectivity index (χ2n) is 8.98. The minimum atomic E-state index is -0.711. The lowest BCUT2D eigenvalue weighted by atomic mass is 9.75. The molecule has 0 saturated heterocycles. The van der Waals surface area contributed by atoms with Crippen molar-refractivity contribution in [2.24, 2.45) is 5.73 Å². The van der Waals surface area contributed by atoms with Crippen LogP contribution >= 0.6 is 23.1 Å². The Labute approximate surface area is 239 Å². The fourth-order valence-electron chi connectivity index (χ4n) is 4.88. The molecule has 0 spiro atoms. The number of rotatable bonds is 8. The Morgan fingerprint density at radius 3 is 2.73 bits per heavy atom. The minimum absolute atomic E-state index is 0.0573. The summed E-state index contributed by atoms with van der Waals surface area (Å²) >= 11 is 2.49. The highest BCUT2D eigenvalue weighted by molar-refractivity contribution is 8.01. The molecule has 2 aliphatic rings. The van der Waals surface area contributed by atoms with Gasteiger partial charge in [-0.15, -0.1) is 10.2 Å². The van der Waals surface area contributed by atoms with Gasteiger partial charge >= 0.3 is 0 Å². The number of nitrogens with one attached hydrogen (secondary N) is 1. The predicted molar refractivity (Wildman–Crippen MR) is 153 cm³/mol. The summed E-state index contributed by atoms with van der Waals surface area (Å²) in [4.78, 5) is 27.5. The average Bonchev–Trinajstić information content (AvgIpc) is 3.44. The highest BCUT2D eigenvalue weighted by atomic mass is 32.2. The number of carbonyl (C=O) groups excluding carboxylic acids is 2. The zero-order valence-electron chi connectivity index (χ0n) is 21.8. The number of ether oxygens (including phenoxy) is 2. The first-order valence-electron chi connectivity index (χ1n) is 12.4. The molecule has 2 aromatic carbocycles. The molecule has 1 amide bonds. The van der Waals surface area contributed by atoms with Crippen LogP contribution in [0.4, 0.5) is 10.8 Å². The second kappa shape index (κ2) is 11.8. The van der Waals surface area contributed by atoms with E-state index in [1.807, 2.05) is 30.3 Å². The summed E-state index contributed by atoms with van der Waals surface area (Å²) in [5.74, 6) is 0.476. The van der Waals surface area contributed by atoms with Gasteiger partial charge in [0.1, 0.15) is 17.3 Å². The smallest absolute Gasteiger partial charge is 0.234 e. The molecule has 1 aliphatic carbocycles. The van der Waals surface area contributed by atoms with Crippen LogP contribution in [-0.4, -0.2) is 41.9 Å². The fourth-order valence-corrected chi connectivity index (χ4v) is 6.56. The van der Waals surface area contributed by atoms with Gasteiger partial charge in [0, 0.05) is 28.9 Å². The van der Waals surface area contributed by atoms with Crippen LogP contribution < -0.4 is 25.4 Å². The first kappa shape index (κ1) is 27.2. The number of thioether (sulfide) groups is 1. The summed E-state index contributed by atoms with van der Waals surface area (Å²) in [6.45, 7) is 0. The number of methoxy groups -OCH3 is 2. The molecule has 3 aromatic rings. The number of aromatic nitrogens is 2. The molecule has 1 aromatic heterocycles. The maximum absolute atomic E-state index is 13.4. The van der Waals surface area contributed by atoms with E-state index in [0.29, 0.717) is 62.8 Å². The SMILES string of the molecule is COc1ccc(OC)c(C2C(C#N)=C(N)N(c3nnc(SCC(=O)Nc4ccccc4)s3)C3=C2C(=O)CCC3)c1. The van der Waals surface area contributed by atoms with Crippen LogP contribution in [0.5, 0.6) is 11.5 Å². The monoisotopic (exact) mass is 574 g/mol. The highest BCUT2D eigenvalue weighted by Crippen LogP contribution is 2.49. The number of nitrogens with two attached hydrogens (primary N) is 1. The van der Waals surface area contributed by atoms with Crippen molar-refractivity contribution in [3.63, 3.8) is 0 Å². The number of ketones is 1. The molecule has 1 aliphatic heterocycles. The molecule has 204 valence electrons. The van der Waals surface area contributed by atoms with Gasteiger partial charge in [0.2, 0.25) is 11.0 Å². The van der Waals surface area contributed by atoms with Crippen LogP contribution in [0.1, 0.15) is 30.7 Å². The average molecular weight is 575 g/mol. The number of hydrogen-bond acceptors (Lipinski definition) is 11. The number of carbonyl (C=O) groups is 2. The second-order valence-corrected chi connectivity index (χ2v) is 11.2. The molecule has 10 nitrogen and oxygen atoms in total. The summed E-state index contributed by atoms with van der Waals surface area (Å²) in [5, 5.41) is 22.1. The molecule has 1 unspecified atom stereocenters. The van der Waals surface area contributed by atoms with Crippen molar-refractivity contribution >= 4 is 45.6 Å². The van der Waals surface area contributed by atoms with Gasteiger partial charge in [0.15, 0.2) is 10.1 Å². The molecular weight excluding hydrogens is 548 g/mol. The van der Waals surface area contributed by atoms with E-state index in [1.165, 1.54) is 30.2 Å². The van der Waals surface area contributed by atoms with Crippen molar-refractivity contribution in [1.82, 2.24) is 10.2 Å². The van der Waals surface area contributed by atoms with Crippen molar-refractivity contribution in [1.29, 1.82) is 5.26 Å². The normalized spacial score (nSPS) is 16.9. The third-order valence-electron chi connectivity index (χ3n) is 6.63. The Morgan fingerprint density at radius 2 is 2.00 bits per heavy atom. The van der Waals surface area contributed by atoms with Gasteiger partial charge in [-0.25, -0.2) is 0 Å². The Balaban J connectivity index is 1.48. The summed E-state index contributed by atoms with van der Waals surface area (Å²) in [6.07, 6.45) is 1.58. The van der Waals surface area contributed by atoms with E-state index in [0.717, 1.165) is 0 Å². The molecule has 3 N–H and O–H groups in total. The van der Waals surface area contributed by atoms with E-state index in [2.05, 4.69) is 21.6 Å². The molecule has 12 heteroatoms. The predicted octanol–water partition coefficient (Wildman–Crippen LogP) is 4.59. The van der Waals surface area contributed by atoms with Gasteiger partial charge in [-0.05, 0) is 43.2 Å². The number of allylic oxidation sites excluding steroid dienone is 3. The zero-order valence-corrected chi connectivity index (χ0v) is 23.5. The Hall–Kier alpha value is -4.34. The number of hydrogen-bond donors (Lipinski definition) is 2. The number of amides is 1. The molecule has 0 radical (unpaired) electrons. The summed E-state index contributed by atoms with van der Waals surface area (Å²) in [7, 11) is 3.09. The summed E-state index contributed by atoms with van der Waals surface area (Å²) in [6, 6.07) is 16.7. The maximum atomic E-state index is 13.4. The van der Waals surface area contributed by atoms with Gasteiger partial charge < -0.3 is 20.5 Å². The molecule has 1 atom stereocenters. The topological polar surface area (TPSA) is 143 Å². The van der Waals surface area contributed by atoms with Crippen molar-refractivity contribution in [3.8, 4) is 17.6 Å². The third-order valence-corrected chi connectivity index (χ3v) is 8.67.